The number of pyridine rings is 1. The van der Waals surface area contributed by atoms with Gasteiger partial charge in [-0.15, -0.1) is 0 Å². The van der Waals surface area contributed by atoms with Crippen molar-refractivity contribution in [2.75, 3.05) is 12.4 Å². The molecule has 0 radical (unpaired) electrons. The highest BCUT2D eigenvalue weighted by Gasteiger charge is 2.22. The van der Waals surface area contributed by atoms with E-state index in [0.29, 0.717) is 5.69 Å². The molecule has 1 heterocycles. The molecule has 1 aliphatic carbocycles. The van der Waals surface area contributed by atoms with Gasteiger partial charge in [0.05, 0.1) is 17.6 Å². The van der Waals surface area contributed by atoms with E-state index in [1.165, 1.54) is 36.4 Å². The Bertz CT molecular complexity index is 1080. The lowest BCUT2D eigenvalue weighted by Crippen LogP contribution is -2.30. The highest BCUT2D eigenvalue weighted by atomic mass is 32.2. The Kier molecular flexibility index (Phi) is 7.41. The highest BCUT2D eigenvalue weighted by Crippen LogP contribution is 2.25. The van der Waals surface area contributed by atoms with E-state index in [-0.39, 0.29) is 28.2 Å². The summed E-state index contributed by atoms with van der Waals surface area (Å²) in [6, 6.07) is 8.03. The number of methoxy groups -OCH3 is 1. The van der Waals surface area contributed by atoms with Gasteiger partial charge in [0.1, 0.15) is 0 Å². The minimum atomic E-state index is -4.15. The molecule has 1 aromatic carbocycles. The average Bonchev–Trinajstić information content (AvgIpc) is 2.80. The molecule has 1 aliphatic rings. The number of carbonyl (C=O) groups is 3. The number of ether oxygens (including phenoxy) is 2. The molecule has 2 N–H and O–H groups in total. The molecule has 0 spiro atoms. The largest absolute Gasteiger partial charge is 0.514 e. The van der Waals surface area contributed by atoms with Gasteiger partial charge in [-0.1, -0.05) is 19.3 Å². The zero-order chi connectivity index (χ0) is 23.1. The second kappa shape index (κ2) is 10.2. The standard InChI is InChI=1S/C21H23N3O7S/c1-30-21(27)31-18-12-7-15(13-22-18)20(26)24-32(28,29)17-10-8-16(9-11-17)23-19(25)14-5-3-2-4-6-14/h7-14H,2-6H2,1H3,(H,23,25)(H,24,26). The van der Waals surface area contributed by atoms with Gasteiger partial charge in [-0.25, -0.2) is 22.9 Å². The molecule has 3 rings (SSSR count). The number of amides is 2. The smallest absolute Gasteiger partial charge is 0.437 e. The molecule has 10 nitrogen and oxygen atoms in total. The molecular weight excluding hydrogens is 438 g/mol. The number of anilines is 1. The van der Waals surface area contributed by atoms with Crippen molar-refractivity contribution >= 4 is 33.7 Å². The van der Waals surface area contributed by atoms with Crippen LogP contribution in [-0.4, -0.2) is 38.5 Å². The van der Waals surface area contributed by atoms with E-state index in [4.69, 9.17) is 4.74 Å². The van der Waals surface area contributed by atoms with Crippen LogP contribution in [-0.2, 0) is 19.6 Å². The van der Waals surface area contributed by atoms with Crippen LogP contribution >= 0.6 is 0 Å². The maximum absolute atomic E-state index is 12.5. The molecule has 1 saturated carbocycles. The molecule has 0 saturated heterocycles. The number of sulfonamides is 1. The Morgan fingerprint density at radius 2 is 1.69 bits per heavy atom. The van der Waals surface area contributed by atoms with Gasteiger partial charge < -0.3 is 14.8 Å². The molecule has 0 unspecified atom stereocenters. The lowest BCUT2D eigenvalue weighted by atomic mass is 9.88. The molecule has 0 atom stereocenters. The molecule has 2 amide bonds. The molecular formula is C21H23N3O7S. The van der Waals surface area contributed by atoms with Crippen molar-refractivity contribution in [2.24, 2.45) is 5.92 Å². The fourth-order valence-corrected chi connectivity index (χ4v) is 4.24. The maximum atomic E-state index is 12.5. The lowest BCUT2D eigenvalue weighted by Gasteiger charge is -2.20. The van der Waals surface area contributed by atoms with E-state index in [1.807, 2.05) is 4.72 Å². The summed E-state index contributed by atoms with van der Waals surface area (Å²) in [7, 11) is -3.02. The molecule has 170 valence electrons. The number of aromatic nitrogens is 1. The SMILES string of the molecule is COC(=O)Oc1ccc(C(=O)NS(=O)(=O)c2ccc(NC(=O)C3CCCCC3)cc2)cn1. The number of rotatable bonds is 6. The molecule has 32 heavy (non-hydrogen) atoms. The van der Waals surface area contributed by atoms with Crippen LogP contribution in [0.4, 0.5) is 10.5 Å². The predicted molar refractivity (Wildman–Crippen MR) is 114 cm³/mol. The van der Waals surface area contributed by atoms with E-state index < -0.39 is 22.1 Å². The normalized spacial score (nSPS) is 14.3. The molecule has 2 aromatic rings. The summed E-state index contributed by atoms with van der Waals surface area (Å²) in [5.41, 5.74) is 0.429. The summed E-state index contributed by atoms with van der Waals surface area (Å²) >= 11 is 0. The third-order valence-corrected chi connectivity index (χ3v) is 6.34. The molecule has 0 bridgehead atoms. The third kappa shape index (κ3) is 6.03. The van der Waals surface area contributed by atoms with Crippen molar-refractivity contribution < 1.29 is 32.3 Å². The van der Waals surface area contributed by atoms with E-state index in [1.54, 1.807) is 0 Å². The number of hydrogen-bond acceptors (Lipinski definition) is 8. The van der Waals surface area contributed by atoms with Gasteiger partial charge in [-0.3, -0.25) is 9.59 Å². The van der Waals surface area contributed by atoms with Gasteiger partial charge in [0.2, 0.25) is 11.8 Å². The van der Waals surface area contributed by atoms with Crippen molar-refractivity contribution in [1.29, 1.82) is 0 Å². The van der Waals surface area contributed by atoms with E-state index >= 15 is 0 Å². The number of benzene rings is 1. The number of hydrogen-bond donors (Lipinski definition) is 2. The summed E-state index contributed by atoms with van der Waals surface area (Å²) in [6.07, 6.45) is 5.01. The first-order chi connectivity index (χ1) is 15.3. The topological polar surface area (TPSA) is 141 Å². The monoisotopic (exact) mass is 461 g/mol. The van der Waals surface area contributed by atoms with Crippen molar-refractivity contribution in [3.8, 4) is 5.88 Å². The number of nitrogens with zero attached hydrogens (tertiary/aromatic N) is 1. The Morgan fingerprint density at radius 1 is 1.00 bits per heavy atom. The van der Waals surface area contributed by atoms with Crippen LogP contribution < -0.4 is 14.8 Å². The third-order valence-electron chi connectivity index (χ3n) is 4.99. The van der Waals surface area contributed by atoms with Crippen molar-refractivity contribution in [2.45, 2.75) is 37.0 Å². The van der Waals surface area contributed by atoms with E-state index in [2.05, 4.69) is 15.0 Å². The van der Waals surface area contributed by atoms with Crippen LogP contribution in [0.15, 0.2) is 47.5 Å². The zero-order valence-electron chi connectivity index (χ0n) is 17.4. The van der Waals surface area contributed by atoms with Gasteiger partial charge in [-0.2, -0.15) is 0 Å². The van der Waals surface area contributed by atoms with E-state index in [0.717, 1.165) is 45.4 Å². The molecule has 1 aromatic heterocycles. The molecule has 1 fully saturated rings. The molecule has 0 aliphatic heterocycles. The van der Waals surface area contributed by atoms with Crippen molar-refractivity contribution in [3.63, 3.8) is 0 Å². The Balaban J connectivity index is 1.61. The van der Waals surface area contributed by atoms with Crippen LogP contribution in [0.3, 0.4) is 0 Å². The predicted octanol–water partition coefficient (Wildman–Crippen LogP) is 2.86. The summed E-state index contributed by atoms with van der Waals surface area (Å²) in [5.74, 6) is -1.11. The van der Waals surface area contributed by atoms with E-state index in [9.17, 15) is 22.8 Å². The van der Waals surface area contributed by atoms with Gasteiger partial charge >= 0.3 is 6.16 Å². The van der Waals surface area contributed by atoms with Gasteiger partial charge in [0, 0.05) is 23.9 Å². The fourth-order valence-electron chi connectivity index (χ4n) is 3.27. The zero-order valence-corrected chi connectivity index (χ0v) is 18.2. The van der Waals surface area contributed by atoms with Crippen LogP contribution in [0, 0.1) is 5.92 Å². The number of nitrogens with one attached hydrogen (secondary N) is 2. The Hall–Kier alpha value is -3.47. The van der Waals surface area contributed by atoms with Crippen molar-refractivity contribution in [1.82, 2.24) is 9.71 Å². The Morgan fingerprint density at radius 3 is 2.28 bits per heavy atom. The number of carbonyl (C=O) groups excluding carboxylic acids is 3. The van der Waals surface area contributed by atoms with Crippen LogP contribution in [0.25, 0.3) is 0 Å². The minimum Gasteiger partial charge on any atom is -0.437 e. The summed E-state index contributed by atoms with van der Waals surface area (Å²) < 4.78 is 36.0. The lowest BCUT2D eigenvalue weighted by molar-refractivity contribution is -0.120. The summed E-state index contributed by atoms with van der Waals surface area (Å²) in [6.45, 7) is 0. The van der Waals surface area contributed by atoms with Crippen molar-refractivity contribution in [3.05, 3.63) is 48.2 Å². The first kappa shape index (κ1) is 23.2. The quantitative estimate of drug-likeness (QED) is 0.626. The Labute approximate surface area is 185 Å². The van der Waals surface area contributed by atoms with Gasteiger partial charge in [-0.05, 0) is 43.2 Å². The van der Waals surface area contributed by atoms with Crippen LogP contribution in [0.1, 0.15) is 42.5 Å². The highest BCUT2D eigenvalue weighted by molar-refractivity contribution is 7.90. The minimum absolute atomic E-state index is 0.0236. The van der Waals surface area contributed by atoms with Gasteiger partial charge in [0.25, 0.3) is 15.9 Å². The first-order valence-corrected chi connectivity index (χ1v) is 11.5. The first-order valence-electron chi connectivity index (χ1n) is 9.98. The van der Waals surface area contributed by atoms with Crippen LogP contribution in [0.5, 0.6) is 5.88 Å². The maximum Gasteiger partial charge on any atom is 0.514 e. The second-order valence-corrected chi connectivity index (χ2v) is 8.91. The summed E-state index contributed by atoms with van der Waals surface area (Å²) in [5, 5.41) is 2.81. The average molecular weight is 461 g/mol. The molecule has 11 heteroatoms. The van der Waals surface area contributed by atoms with Crippen LogP contribution in [0.2, 0.25) is 0 Å². The summed E-state index contributed by atoms with van der Waals surface area (Å²) in [4.78, 5) is 39.3. The second-order valence-electron chi connectivity index (χ2n) is 7.22. The fraction of sp³-hybridized carbons (Fsp3) is 0.333. The van der Waals surface area contributed by atoms with Gasteiger partial charge in [0.15, 0.2) is 0 Å².